The maximum absolute atomic E-state index is 5.73. The highest BCUT2D eigenvalue weighted by molar-refractivity contribution is 4.95. The van der Waals surface area contributed by atoms with E-state index >= 15 is 0 Å². The SMILES string of the molecule is CC.CC1CCC2C(CCC3CC(CCC4CCC5OC5C4)CCC32)C1. The van der Waals surface area contributed by atoms with Crippen LogP contribution in [0.4, 0.5) is 0 Å². The second-order valence-electron chi connectivity index (χ2n) is 10.5. The summed E-state index contributed by atoms with van der Waals surface area (Å²) in [4.78, 5) is 0. The molecule has 26 heavy (non-hydrogen) atoms. The van der Waals surface area contributed by atoms with E-state index in [1.54, 1.807) is 44.9 Å². The van der Waals surface area contributed by atoms with E-state index in [0.29, 0.717) is 12.2 Å². The summed E-state index contributed by atoms with van der Waals surface area (Å²) in [6, 6.07) is 0. The molecule has 5 aliphatic rings. The minimum absolute atomic E-state index is 0.684. The van der Waals surface area contributed by atoms with Gasteiger partial charge >= 0.3 is 0 Å². The van der Waals surface area contributed by atoms with Crippen molar-refractivity contribution in [2.45, 2.75) is 116 Å². The molecule has 1 nitrogen and oxygen atoms in total. The number of rotatable bonds is 3. The largest absolute Gasteiger partial charge is 0.370 e. The van der Waals surface area contributed by atoms with Gasteiger partial charge in [-0.05, 0) is 99.2 Å². The van der Waals surface area contributed by atoms with Gasteiger partial charge in [-0.2, -0.15) is 0 Å². The molecule has 9 atom stereocenters. The average Bonchev–Trinajstić information content (AvgIpc) is 3.46. The fraction of sp³-hybridized carbons (Fsp3) is 1.00. The van der Waals surface area contributed by atoms with Crippen molar-refractivity contribution in [3.63, 3.8) is 0 Å². The molecule has 9 unspecified atom stereocenters. The van der Waals surface area contributed by atoms with Crippen LogP contribution in [0.15, 0.2) is 0 Å². The van der Waals surface area contributed by atoms with Gasteiger partial charge in [-0.15, -0.1) is 0 Å². The second-order valence-corrected chi connectivity index (χ2v) is 10.5. The summed E-state index contributed by atoms with van der Waals surface area (Å²) >= 11 is 0. The van der Waals surface area contributed by atoms with Gasteiger partial charge in [0, 0.05) is 0 Å². The van der Waals surface area contributed by atoms with Crippen LogP contribution in [0, 0.1) is 41.4 Å². The zero-order chi connectivity index (χ0) is 18.1. The minimum Gasteiger partial charge on any atom is -0.370 e. The van der Waals surface area contributed by atoms with Crippen LogP contribution in [0.25, 0.3) is 0 Å². The molecule has 0 amide bonds. The van der Waals surface area contributed by atoms with Crippen molar-refractivity contribution in [2.24, 2.45) is 41.4 Å². The lowest BCUT2D eigenvalue weighted by Crippen LogP contribution is -2.41. The van der Waals surface area contributed by atoms with Gasteiger partial charge in [0.25, 0.3) is 0 Å². The van der Waals surface area contributed by atoms with Crippen molar-refractivity contribution in [1.82, 2.24) is 0 Å². The van der Waals surface area contributed by atoms with Crippen molar-refractivity contribution >= 4 is 0 Å². The predicted octanol–water partition coefficient (Wildman–Crippen LogP) is 7.24. The van der Waals surface area contributed by atoms with Crippen LogP contribution in [0.3, 0.4) is 0 Å². The van der Waals surface area contributed by atoms with Crippen molar-refractivity contribution in [3.8, 4) is 0 Å². The van der Waals surface area contributed by atoms with E-state index < -0.39 is 0 Å². The van der Waals surface area contributed by atoms with Gasteiger partial charge in [-0.1, -0.05) is 46.5 Å². The van der Waals surface area contributed by atoms with Gasteiger partial charge in [0.2, 0.25) is 0 Å². The molecule has 1 heteroatoms. The predicted molar refractivity (Wildman–Crippen MR) is 110 cm³/mol. The first-order valence-electron chi connectivity index (χ1n) is 12.4. The highest BCUT2D eigenvalue weighted by Gasteiger charge is 2.45. The molecule has 1 aliphatic heterocycles. The number of fused-ring (bicyclic) bond motifs is 4. The molecule has 0 aromatic heterocycles. The van der Waals surface area contributed by atoms with Gasteiger partial charge in [-0.25, -0.2) is 0 Å². The monoisotopic (exact) mass is 360 g/mol. The molecule has 4 aliphatic carbocycles. The molecular weight excluding hydrogens is 316 g/mol. The second kappa shape index (κ2) is 8.54. The molecule has 1 saturated heterocycles. The van der Waals surface area contributed by atoms with Gasteiger partial charge in [-0.3, -0.25) is 0 Å². The van der Waals surface area contributed by atoms with Crippen LogP contribution in [0.2, 0.25) is 0 Å². The van der Waals surface area contributed by atoms with Crippen molar-refractivity contribution in [3.05, 3.63) is 0 Å². The van der Waals surface area contributed by atoms with E-state index in [-0.39, 0.29) is 0 Å². The zero-order valence-electron chi connectivity index (χ0n) is 17.8. The molecule has 0 spiro atoms. The Morgan fingerprint density at radius 3 is 1.96 bits per heavy atom. The van der Waals surface area contributed by atoms with Crippen LogP contribution >= 0.6 is 0 Å². The summed E-state index contributed by atoms with van der Waals surface area (Å²) < 4.78 is 5.73. The fourth-order valence-corrected chi connectivity index (χ4v) is 7.61. The zero-order valence-corrected chi connectivity index (χ0v) is 17.8. The average molecular weight is 361 g/mol. The summed E-state index contributed by atoms with van der Waals surface area (Å²) in [5, 5.41) is 0. The van der Waals surface area contributed by atoms with Crippen LogP contribution in [0.5, 0.6) is 0 Å². The summed E-state index contributed by atoms with van der Waals surface area (Å²) in [6.45, 7) is 6.50. The molecule has 5 fully saturated rings. The van der Waals surface area contributed by atoms with E-state index in [0.717, 1.165) is 41.4 Å². The summed E-state index contributed by atoms with van der Waals surface area (Å²) in [6.07, 6.45) is 21.2. The molecule has 0 bridgehead atoms. The van der Waals surface area contributed by atoms with Crippen molar-refractivity contribution in [2.75, 3.05) is 0 Å². The molecule has 4 saturated carbocycles. The standard InChI is InChI=1S/C23H38O.C2H6/c1-15-2-9-20-18(12-15)7-8-19-13-16(5-10-21(19)20)3-4-17-6-11-22-23(14-17)24-22;1-2/h15-23H,2-14H2,1H3;1-2H3. The van der Waals surface area contributed by atoms with E-state index in [1.807, 2.05) is 13.8 Å². The summed E-state index contributed by atoms with van der Waals surface area (Å²) in [5.74, 6) is 7.57. The van der Waals surface area contributed by atoms with Crippen molar-refractivity contribution < 1.29 is 4.74 Å². The Labute approximate surface area is 163 Å². The Morgan fingerprint density at radius 2 is 1.23 bits per heavy atom. The number of ether oxygens (including phenoxy) is 1. The first kappa shape index (κ1) is 19.3. The van der Waals surface area contributed by atoms with Gasteiger partial charge < -0.3 is 4.74 Å². The van der Waals surface area contributed by atoms with E-state index in [2.05, 4.69) is 6.92 Å². The van der Waals surface area contributed by atoms with Gasteiger partial charge in [0.05, 0.1) is 12.2 Å². The lowest BCUT2D eigenvalue weighted by molar-refractivity contribution is -0.00167. The Hall–Kier alpha value is -0.0400. The highest BCUT2D eigenvalue weighted by Crippen LogP contribution is 2.54. The number of hydrogen-bond acceptors (Lipinski definition) is 1. The lowest BCUT2D eigenvalue weighted by Gasteiger charge is -2.50. The normalized spacial score (nSPS) is 49.7. The maximum Gasteiger partial charge on any atom is 0.0844 e. The summed E-state index contributed by atoms with van der Waals surface area (Å²) in [7, 11) is 0. The van der Waals surface area contributed by atoms with E-state index in [4.69, 9.17) is 4.74 Å². The van der Waals surface area contributed by atoms with Crippen LogP contribution in [-0.4, -0.2) is 12.2 Å². The molecule has 0 aromatic carbocycles. The maximum atomic E-state index is 5.73. The molecule has 0 N–H and O–H groups in total. The molecule has 5 rings (SSSR count). The lowest BCUT2D eigenvalue weighted by atomic mass is 9.55. The molecule has 0 radical (unpaired) electrons. The molecule has 0 aromatic rings. The summed E-state index contributed by atoms with van der Waals surface area (Å²) in [5.41, 5.74) is 0. The molecular formula is C25H44O. The number of hydrogen-bond donors (Lipinski definition) is 0. The fourth-order valence-electron chi connectivity index (χ4n) is 7.61. The molecule has 1 heterocycles. The Kier molecular flexibility index (Phi) is 6.33. The Balaban J connectivity index is 0.000000814. The topological polar surface area (TPSA) is 12.5 Å². The van der Waals surface area contributed by atoms with Crippen LogP contribution in [-0.2, 0) is 4.74 Å². The van der Waals surface area contributed by atoms with Crippen LogP contribution < -0.4 is 0 Å². The van der Waals surface area contributed by atoms with E-state index in [9.17, 15) is 0 Å². The third-order valence-electron chi connectivity index (χ3n) is 9.01. The number of epoxide rings is 1. The first-order chi connectivity index (χ1) is 12.8. The van der Waals surface area contributed by atoms with Gasteiger partial charge in [0.1, 0.15) is 0 Å². The third-order valence-corrected chi connectivity index (χ3v) is 9.01. The van der Waals surface area contributed by atoms with E-state index in [1.165, 1.54) is 38.5 Å². The minimum atomic E-state index is 0.684. The quantitative estimate of drug-likeness (QED) is 0.483. The van der Waals surface area contributed by atoms with Crippen LogP contribution in [0.1, 0.15) is 104 Å². The smallest absolute Gasteiger partial charge is 0.0844 e. The Bertz CT molecular complexity index is 445. The first-order valence-corrected chi connectivity index (χ1v) is 12.4. The van der Waals surface area contributed by atoms with Gasteiger partial charge in [0.15, 0.2) is 0 Å². The van der Waals surface area contributed by atoms with Crippen molar-refractivity contribution in [1.29, 1.82) is 0 Å². The molecule has 150 valence electrons. The Morgan fingerprint density at radius 1 is 0.615 bits per heavy atom. The highest BCUT2D eigenvalue weighted by atomic mass is 16.6. The third kappa shape index (κ3) is 4.18.